The van der Waals surface area contributed by atoms with Crippen LogP contribution in [0.5, 0.6) is 5.75 Å². The molecule has 0 spiro atoms. The average molecular weight is 314 g/mol. The molecule has 2 N–H and O–H groups in total. The summed E-state index contributed by atoms with van der Waals surface area (Å²) in [6, 6.07) is 3.56. The fourth-order valence-electron chi connectivity index (χ4n) is 2.41. The Bertz CT molecular complexity index is 644. The van der Waals surface area contributed by atoms with Crippen LogP contribution in [0.1, 0.15) is 12.8 Å². The summed E-state index contributed by atoms with van der Waals surface area (Å²) in [4.78, 5) is 11.7. The monoisotopic (exact) mass is 314 g/mol. The third-order valence-corrected chi connectivity index (χ3v) is 5.46. The highest BCUT2D eigenvalue weighted by atomic mass is 32.2. The summed E-state index contributed by atoms with van der Waals surface area (Å²) in [5.74, 6) is -0.0828. The molecule has 21 heavy (non-hydrogen) atoms. The van der Waals surface area contributed by atoms with Gasteiger partial charge < -0.3 is 15.2 Å². The predicted molar refractivity (Wildman–Crippen MR) is 76.3 cm³/mol. The number of carbonyl (C=O) groups excluding carboxylic acids is 1. The zero-order chi connectivity index (χ0) is 15.6. The quantitative estimate of drug-likeness (QED) is 0.645. The molecule has 1 aliphatic rings. The molecule has 1 atom stereocenters. The van der Waals surface area contributed by atoms with Crippen LogP contribution in [-0.2, 0) is 19.6 Å². The van der Waals surface area contributed by atoms with Crippen LogP contribution in [0, 0.1) is 0 Å². The molecule has 2 rings (SSSR count). The van der Waals surface area contributed by atoms with Crippen molar-refractivity contribution >= 4 is 21.7 Å². The molecule has 1 unspecified atom stereocenters. The number of ether oxygens (including phenoxy) is 2. The number of hydrogen-bond donors (Lipinski definition) is 1. The van der Waals surface area contributed by atoms with E-state index in [1.54, 1.807) is 0 Å². The van der Waals surface area contributed by atoms with Gasteiger partial charge in [-0.3, -0.25) is 4.79 Å². The summed E-state index contributed by atoms with van der Waals surface area (Å²) >= 11 is 0. The Hall–Kier alpha value is -1.80. The Balaban J connectivity index is 2.40. The van der Waals surface area contributed by atoms with Crippen LogP contribution >= 0.6 is 0 Å². The second kappa shape index (κ2) is 5.90. The number of nitrogens with two attached hydrogens (primary N) is 1. The molecule has 0 amide bonds. The standard InChI is InChI=1S/C13H18N2O5S/c1-19-9-5-6-12(10(14)8-9)21(17,18)15-7-3-4-11(15)13(16)20-2/h5-6,8,11H,3-4,7,14H2,1-2H3. The minimum atomic E-state index is -3.85. The predicted octanol–water partition coefficient (Wildman–Crippen LogP) is 0.603. The highest BCUT2D eigenvalue weighted by Gasteiger charge is 2.40. The zero-order valence-corrected chi connectivity index (χ0v) is 12.7. The minimum absolute atomic E-state index is 0.0286. The van der Waals surface area contributed by atoms with Gasteiger partial charge in [0.25, 0.3) is 0 Å². The van der Waals surface area contributed by atoms with E-state index in [2.05, 4.69) is 4.74 Å². The summed E-state index contributed by atoms with van der Waals surface area (Å²) in [5, 5.41) is 0. The van der Waals surface area contributed by atoms with E-state index >= 15 is 0 Å². The van der Waals surface area contributed by atoms with Gasteiger partial charge in [-0.2, -0.15) is 4.31 Å². The summed E-state index contributed by atoms with van der Waals surface area (Å²) in [7, 11) is -1.13. The minimum Gasteiger partial charge on any atom is -0.497 e. The fourth-order valence-corrected chi connectivity index (χ4v) is 4.16. The number of nitrogens with zero attached hydrogens (tertiary/aromatic N) is 1. The van der Waals surface area contributed by atoms with Gasteiger partial charge in [0.15, 0.2) is 0 Å². The molecule has 1 heterocycles. The Morgan fingerprint density at radius 1 is 1.38 bits per heavy atom. The van der Waals surface area contributed by atoms with E-state index in [1.807, 2.05) is 0 Å². The van der Waals surface area contributed by atoms with Crippen LogP contribution < -0.4 is 10.5 Å². The number of carbonyl (C=O) groups is 1. The van der Waals surface area contributed by atoms with E-state index in [9.17, 15) is 13.2 Å². The number of hydrogen-bond acceptors (Lipinski definition) is 6. The maximum Gasteiger partial charge on any atom is 0.324 e. The smallest absolute Gasteiger partial charge is 0.324 e. The lowest BCUT2D eigenvalue weighted by Gasteiger charge is -2.23. The largest absolute Gasteiger partial charge is 0.497 e. The lowest BCUT2D eigenvalue weighted by Crippen LogP contribution is -2.41. The average Bonchev–Trinajstić information content (AvgIpc) is 2.96. The first-order chi connectivity index (χ1) is 9.91. The van der Waals surface area contributed by atoms with Gasteiger partial charge in [-0.1, -0.05) is 0 Å². The Morgan fingerprint density at radius 2 is 2.10 bits per heavy atom. The summed E-state index contributed by atoms with van der Waals surface area (Å²) in [6.07, 6.45) is 1.05. The van der Waals surface area contributed by atoms with Crippen LogP contribution in [0.25, 0.3) is 0 Å². The summed E-state index contributed by atoms with van der Waals surface area (Å²) in [6.45, 7) is 0.271. The molecule has 1 aliphatic heterocycles. The van der Waals surface area contributed by atoms with Gasteiger partial charge in [0.05, 0.1) is 19.9 Å². The third-order valence-electron chi connectivity index (χ3n) is 3.48. The second-order valence-corrected chi connectivity index (χ2v) is 6.56. The van der Waals surface area contributed by atoms with Gasteiger partial charge in [-0.15, -0.1) is 0 Å². The number of anilines is 1. The molecule has 8 heteroatoms. The molecule has 0 bridgehead atoms. The molecule has 0 aliphatic carbocycles. The lowest BCUT2D eigenvalue weighted by molar-refractivity contribution is -0.144. The van der Waals surface area contributed by atoms with E-state index in [0.717, 1.165) is 4.31 Å². The zero-order valence-electron chi connectivity index (χ0n) is 11.9. The van der Waals surface area contributed by atoms with Crippen molar-refractivity contribution in [2.75, 3.05) is 26.5 Å². The van der Waals surface area contributed by atoms with Crippen molar-refractivity contribution in [3.63, 3.8) is 0 Å². The number of nitrogen functional groups attached to an aromatic ring is 1. The van der Waals surface area contributed by atoms with E-state index in [4.69, 9.17) is 10.5 Å². The fraction of sp³-hybridized carbons (Fsp3) is 0.462. The van der Waals surface area contributed by atoms with Crippen molar-refractivity contribution in [3.8, 4) is 5.75 Å². The topological polar surface area (TPSA) is 98.9 Å². The van der Waals surface area contributed by atoms with Crippen LogP contribution in [0.3, 0.4) is 0 Å². The van der Waals surface area contributed by atoms with Crippen LogP contribution in [0.15, 0.2) is 23.1 Å². The van der Waals surface area contributed by atoms with Crippen LogP contribution in [0.4, 0.5) is 5.69 Å². The molecule has 1 fully saturated rings. The third kappa shape index (κ3) is 2.81. The van der Waals surface area contributed by atoms with Crippen LogP contribution in [0.2, 0.25) is 0 Å². The normalized spacial score (nSPS) is 19.4. The second-order valence-electron chi connectivity index (χ2n) is 4.70. The molecule has 1 aromatic rings. The van der Waals surface area contributed by atoms with Gasteiger partial charge in [-0.25, -0.2) is 8.42 Å². The molecule has 7 nitrogen and oxygen atoms in total. The van der Waals surface area contributed by atoms with Gasteiger partial charge >= 0.3 is 5.97 Å². The number of sulfonamides is 1. The lowest BCUT2D eigenvalue weighted by atomic mass is 10.2. The van der Waals surface area contributed by atoms with E-state index in [-0.39, 0.29) is 17.1 Å². The van der Waals surface area contributed by atoms with Gasteiger partial charge in [0.1, 0.15) is 16.7 Å². The number of methoxy groups -OCH3 is 2. The highest BCUT2D eigenvalue weighted by molar-refractivity contribution is 7.89. The Labute approximate surface area is 123 Å². The molecule has 1 aromatic carbocycles. The number of benzene rings is 1. The summed E-state index contributed by atoms with van der Waals surface area (Å²) in [5.41, 5.74) is 5.89. The first-order valence-electron chi connectivity index (χ1n) is 6.45. The van der Waals surface area contributed by atoms with Crippen molar-refractivity contribution in [3.05, 3.63) is 18.2 Å². The van der Waals surface area contributed by atoms with Crippen molar-refractivity contribution in [1.82, 2.24) is 4.31 Å². The molecule has 1 saturated heterocycles. The van der Waals surface area contributed by atoms with Crippen molar-refractivity contribution in [2.45, 2.75) is 23.8 Å². The first-order valence-corrected chi connectivity index (χ1v) is 7.89. The van der Waals surface area contributed by atoms with Crippen molar-refractivity contribution < 1.29 is 22.7 Å². The van der Waals surface area contributed by atoms with E-state index in [0.29, 0.717) is 18.6 Å². The maximum absolute atomic E-state index is 12.7. The number of rotatable bonds is 4. The molecular weight excluding hydrogens is 296 g/mol. The molecule has 0 aromatic heterocycles. The highest BCUT2D eigenvalue weighted by Crippen LogP contribution is 2.31. The van der Waals surface area contributed by atoms with E-state index in [1.165, 1.54) is 32.4 Å². The van der Waals surface area contributed by atoms with Crippen LogP contribution in [-0.4, -0.2) is 45.5 Å². The molecule has 0 saturated carbocycles. The maximum atomic E-state index is 12.7. The van der Waals surface area contributed by atoms with Crippen molar-refractivity contribution in [2.24, 2.45) is 0 Å². The molecular formula is C13H18N2O5S. The first kappa shape index (κ1) is 15.6. The number of esters is 1. The van der Waals surface area contributed by atoms with Crippen molar-refractivity contribution in [1.29, 1.82) is 0 Å². The summed E-state index contributed by atoms with van der Waals surface area (Å²) < 4.78 is 36.2. The SMILES string of the molecule is COC(=O)C1CCCN1S(=O)(=O)c1ccc(OC)cc1N. The molecule has 116 valence electrons. The van der Waals surface area contributed by atoms with E-state index < -0.39 is 22.0 Å². The Kier molecular flexibility index (Phi) is 4.38. The van der Waals surface area contributed by atoms with Gasteiger partial charge in [0, 0.05) is 12.6 Å². The molecule has 0 radical (unpaired) electrons. The van der Waals surface area contributed by atoms with Gasteiger partial charge in [0.2, 0.25) is 10.0 Å². The Morgan fingerprint density at radius 3 is 2.67 bits per heavy atom. The van der Waals surface area contributed by atoms with Gasteiger partial charge in [-0.05, 0) is 25.0 Å².